The lowest BCUT2D eigenvalue weighted by Gasteiger charge is -2.08. The molecule has 3 rings (SSSR count). The number of anilines is 1. The molecule has 5 heteroatoms. The first-order valence-electron chi connectivity index (χ1n) is 6.72. The molecule has 0 radical (unpaired) electrons. The monoisotopic (exact) mass is 290 g/mol. The number of benzene rings is 2. The summed E-state index contributed by atoms with van der Waals surface area (Å²) in [5.74, 6) is 0.780. The number of nitrogens with two attached hydrogens (primary N) is 1. The van der Waals surface area contributed by atoms with Gasteiger partial charge in [0.25, 0.3) is 0 Å². The molecule has 0 saturated carbocycles. The van der Waals surface area contributed by atoms with Gasteiger partial charge in [0, 0.05) is 17.3 Å². The van der Waals surface area contributed by atoms with Crippen molar-refractivity contribution in [3.8, 4) is 28.8 Å². The van der Waals surface area contributed by atoms with E-state index in [1.165, 1.54) is 0 Å². The number of nitrogen functional groups attached to an aromatic ring is 1. The number of methoxy groups -OCH3 is 1. The van der Waals surface area contributed by atoms with E-state index >= 15 is 0 Å². The summed E-state index contributed by atoms with van der Waals surface area (Å²) >= 11 is 0. The number of aromatic nitrogens is 2. The van der Waals surface area contributed by atoms with E-state index in [4.69, 9.17) is 15.7 Å². The van der Waals surface area contributed by atoms with Crippen molar-refractivity contribution in [1.82, 2.24) is 9.78 Å². The van der Waals surface area contributed by atoms with E-state index < -0.39 is 0 Å². The molecule has 2 aromatic carbocycles. The minimum Gasteiger partial charge on any atom is -0.497 e. The first-order chi connectivity index (χ1) is 10.7. The van der Waals surface area contributed by atoms with E-state index in [0.717, 1.165) is 22.7 Å². The van der Waals surface area contributed by atoms with Crippen molar-refractivity contribution < 1.29 is 4.74 Å². The van der Waals surface area contributed by atoms with Crippen LogP contribution in [0.4, 0.5) is 5.69 Å². The average Bonchev–Trinajstić information content (AvgIpc) is 3.00. The van der Waals surface area contributed by atoms with Crippen LogP contribution in [0.1, 0.15) is 5.69 Å². The van der Waals surface area contributed by atoms with Crippen LogP contribution in [0.2, 0.25) is 0 Å². The third-order valence-electron chi connectivity index (χ3n) is 3.35. The van der Waals surface area contributed by atoms with Crippen LogP contribution in [0.15, 0.2) is 54.6 Å². The number of rotatable bonds is 3. The Morgan fingerprint density at radius 1 is 1.09 bits per heavy atom. The fourth-order valence-electron chi connectivity index (χ4n) is 2.22. The van der Waals surface area contributed by atoms with Gasteiger partial charge in [-0.1, -0.05) is 0 Å². The van der Waals surface area contributed by atoms with Crippen molar-refractivity contribution in [3.63, 3.8) is 0 Å². The molecule has 0 aliphatic carbocycles. The van der Waals surface area contributed by atoms with Crippen molar-refractivity contribution in [3.05, 3.63) is 60.3 Å². The lowest BCUT2D eigenvalue weighted by Crippen LogP contribution is -1.99. The second kappa shape index (κ2) is 5.62. The van der Waals surface area contributed by atoms with Gasteiger partial charge < -0.3 is 10.5 Å². The highest BCUT2D eigenvalue weighted by Gasteiger charge is 2.11. The summed E-state index contributed by atoms with van der Waals surface area (Å²) in [5.41, 5.74) is 9.40. The van der Waals surface area contributed by atoms with Crippen LogP contribution in [0.3, 0.4) is 0 Å². The molecule has 3 aromatic rings. The largest absolute Gasteiger partial charge is 0.497 e. The number of nitriles is 1. The maximum atomic E-state index is 9.13. The quantitative estimate of drug-likeness (QED) is 0.752. The van der Waals surface area contributed by atoms with E-state index in [1.54, 1.807) is 30.0 Å². The molecule has 0 amide bonds. The molecule has 0 unspecified atom stereocenters. The third-order valence-corrected chi connectivity index (χ3v) is 3.35. The predicted molar refractivity (Wildman–Crippen MR) is 84.7 cm³/mol. The van der Waals surface area contributed by atoms with Crippen LogP contribution in [-0.4, -0.2) is 16.9 Å². The lowest BCUT2D eigenvalue weighted by molar-refractivity contribution is 0.415. The molecule has 5 nitrogen and oxygen atoms in total. The zero-order valence-corrected chi connectivity index (χ0v) is 12.0. The molecule has 0 bridgehead atoms. The Balaban J connectivity index is 2.12. The molecule has 108 valence electrons. The minimum absolute atomic E-state index is 0.364. The van der Waals surface area contributed by atoms with Gasteiger partial charge in [0.05, 0.1) is 18.5 Å². The van der Waals surface area contributed by atoms with Crippen molar-refractivity contribution in [2.24, 2.45) is 0 Å². The fraction of sp³-hybridized carbons (Fsp3) is 0.0588. The summed E-state index contributed by atoms with van der Waals surface area (Å²) in [5, 5.41) is 13.5. The van der Waals surface area contributed by atoms with E-state index in [1.807, 2.05) is 36.4 Å². The molecule has 2 N–H and O–H groups in total. The highest BCUT2D eigenvalue weighted by atomic mass is 16.5. The summed E-state index contributed by atoms with van der Waals surface area (Å²) in [4.78, 5) is 0. The van der Waals surface area contributed by atoms with Crippen LogP contribution in [0.5, 0.6) is 5.75 Å². The van der Waals surface area contributed by atoms with Crippen molar-refractivity contribution in [1.29, 1.82) is 5.26 Å². The topological polar surface area (TPSA) is 76.9 Å². The van der Waals surface area contributed by atoms with Gasteiger partial charge in [-0.25, -0.2) is 4.68 Å². The highest BCUT2D eigenvalue weighted by molar-refractivity contribution is 5.64. The summed E-state index contributed by atoms with van der Waals surface area (Å²) < 4.78 is 6.91. The van der Waals surface area contributed by atoms with Gasteiger partial charge in [-0.15, -0.1) is 0 Å². The van der Waals surface area contributed by atoms with Crippen LogP contribution in [0.25, 0.3) is 16.9 Å². The molecule has 0 spiro atoms. The Morgan fingerprint density at radius 2 is 1.77 bits per heavy atom. The zero-order chi connectivity index (χ0) is 15.5. The Morgan fingerprint density at radius 3 is 2.36 bits per heavy atom. The van der Waals surface area contributed by atoms with Crippen LogP contribution in [0, 0.1) is 11.3 Å². The van der Waals surface area contributed by atoms with Crippen molar-refractivity contribution >= 4 is 5.69 Å². The molecule has 1 heterocycles. The molecule has 0 atom stereocenters. The van der Waals surface area contributed by atoms with Crippen molar-refractivity contribution in [2.75, 3.05) is 12.8 Å². The second-order valence-electron chi connectivity index (χ2n) is 4.76. The number of nitrogens with zero attached hydrogens (tertiary/aromatic N) is 3. The molecule has 0 fully saturated rings. The first-order valence-corrected chi connectivity index (χ1v) is 6.72. The SMILES string of the molecule is COc1ccc(-c2cc(C#N)nn2-c2ccc(N)cc2)cc1. The maximum absolute atomic E-state index is 9.13. The summed E-state index contributed by atoms with van der Waals surface area (Å²) in [6.07, 6.45) is 0. The number of ether oxygens (including phenoxy) is 1. The van der Waals surface area contributed by atoms with E-state index in [9.17, 15) is 0 Å². The van der Waals surface area contributed by atoms with Crippen LogP contribution >= 0.6 is 0 Å². The maximum Gasteiger partial charge on any atom is 0.163 e. The lowest BCUT2D eigenvalue weighted by atomic mass is 10.1. The predicted octanol–water partition coefficient (Wildman–Crippen LogP) is 3.00. The van der Waals surface area contributed by atoms with Crippen molar-refractivity contribution in [2.45, 2.75) is 0 Å². The zero-order valence-electron chi connectivity index (χ0n) is 12.0. The second-order valence-corrected chi connectivity index (χ2v) is 4.76. The first kappa shape index (κ1) is 13.7. The summed E-state index contributed by atoms with van der Waals surface area (Å²) in [6, 6.07) is 18.8. The van der Waals surface area contributed by atoms with E-state index in [2.05, 4.69) is 11.2 Å². The molecule has 22 heavy (non-hydrogen) atoms. The van der Waals surface area contributed by atoms with Crippen LogP contribution < -0.4 is 10.5 Å². The molecule has 0 saturated heterocycles. The van der Waals surface area contributed by atoms with Gasteiger partial charge in [-0.2, -0.15) is 10.4 Å². The third kappa shape index (κ3) is 2.50. The Labute approximate surface area is 128 Å². The average molecular weight is 290 g/mol. The highest BCUT2D eigenvalue weighted by Crippen LogP contribution is 2.26. The molecular weight excluding hydrogens is 276 g/mol. The van der Waals surface area contributed by atoms with Gasteiger partial charge in [-0.3, -0.25) is 0 Å². The molecule has 0 aliphatic rings. The Hall–Kier alpha value is -3.26. The van der Waals surface area contributed by atoms with Gasteiger partial charge >= 0.3 is 0 Å². The number of hydrogen-bond acceptors (Lipinski definition) is 4. The smallest absolute Gasteiger partial charge is 0.163 e. The summed E-state index contributed by atoms with van der Waals surface area (Å²) in [7, 11) is 1.63. The standard InChI is InChI=1S/C17H14N4O/c1-22-16-8-2-12(3-9-16)17-10-14(11-18)20-21(17)15-6-4-13(19)5-7-15/h2-10H,19H2,1H3. The van der Waals surface area contributed by atoms with Gasteiger partial charge in [0.2, 0.25) is 0 Å². The van der Waals surface area contributed by atoms with Gasteiger partial charge in [0.15, 0.2) is 5.69 Å². The molecule has 0 aliphatic heterocycles. The minimum atomic E-state index is 0.364. The Bertz CT molecular complexity index is 827. The summed E-state index contributed by atoms with van der Waals surface area (Å²) in [6.45, 7) is 0. The molecular formula is C17H14N4O. The molecule has 1 aromatic heterocycles. The van der Waals surface area contributed by atoms with Crippen LogP contribution in [-0.2, 0) is 0 Å². The van der Waals surface area contributed by atoms with Gasteiger partial charge in [0.1, 0.15) is 11.8 Å². The number of hydrogen-bond donors (Lipinski definition) is 1. The van der Waals surface area contributed by atoms with E-state index in [-0.39, 0.29) is 0 Å². The Kier molecular flexibility index (Phi) is 3.50. The van der Waals surface area contributed by atoms with E-state index in [0.29, 0.717) is 11.4 Å². The van der Waals surface area contributed by atoms with Gasteiger partial charge in [-0.05, 0) is 48.5 Å². The fourth-order valence-corrected chi connectivity index (χ4v) is 2.22. The normalized spacial score (nSPS) is 10.2.